The second kappa shape index (κ2) is 8.20. The van der Waals surface area contributed by atoms with Crippen LogP contribution in [0.25, 0.3) is 0 Å². The molecule has 1 N–H and O–H groups in total. The Morgan fingerprint density at radius 2 is 1.95 bits per heavy atom. The third kappa shape index (κ3) is 4.33. The fourth-order valence-corrected chi connectivity index (χ4v) is 2.07. The average molecular weight is 301 g/mol. The zero-order valence-corrected chi connectivity index (χ0v) is 12.6. The van der Waals surface area contributed by atoms with Crippen molar-refractivity contribution in [3.05, 3.63) is 72.1 Å². The number of ether oxygens (including phenoxy) is 2. The summed E-state index contributed by atoms with van der Waals surface area (Å²) < 4.78 is 24.2. The Morgan fingerprint density at radius 3 is 2.64 bits per heavy atom. The minimum atomic E-state index is -0.254. The summed E-state index contributed by atoms with van der Waals surface area (Å²) in [6.45, 7) is 5.41. The van der Waals surface area contributed by atoms with Crippen molar-refractivity contribution in [1.29, 1.82) is 0 Å². The van der Waals surface area contributed by atoms with Crippen LogP contribution >= 0.6 is 0 Å². The van der Waals surface area contributed by atoms with E-state index in [-0.39, 0.29) is 5.82 Å². The Balaban J connectivity index is 2.12. The molecule has 2 aromatic rings. The smallest absolute Gasteiger partial charge is 0.166 e. The Hall–Kier alpha value is -2.33. The van der Waals surface area contributed by atoms with Gasteiger partial charge in [0.25, 0.3) is 0 Å². The van der Waals surface area contributed by atoms with Gasteiger partial charge in [0, 0.05) is 18.7 Å². The summed E-state index contributed by atoms with van der Waals surface area (Å²) in [5.74, 6) is 1.13. The fourth-order valence-electron chi connectivity index (χ4n) is 2.07. The minimum absolute atomic E-state index is 0.254. The fraction of sp³-hybridized carbons (Fsp3) is 0.222. The Labute approximate surface area is 130 Å². The molecule has 0 atom stereocenters. The maximum atomic E-state index is 12.9. The molecule has 0 amide bonds. The molecule has 116 valence electrons. The van der Waals surface area contributed by atoms with Crippen LogP contribution in [0, 0.1) is 5.82 Å². The predicted molar refractivity (Wildman–Crippen MR) is 85.6 cm³/mol. The highest BCUT2D eigenvalue weighted by molar-refractivity contribution is 5.46. The van der Waals surface area contributed by atoms with Gasteiger partial charge in [-0.05, 0) is 23.8 Å². The summed E-state index contributed by atoms with van der Waals surface area (Å²) in [6.07, 6.45) is 1.80. The standard InChI is InChI=1S/C18H20FNO2/c1-3-11-20-12-15-5-4-6-17(21-2)18(15)22-13-14-7-9-16(19)10-8-14/h3-10,20H,1,11-13H2,2H3. The highest BCUT2D eigenvalue weighted by Gasteiger charge is 2.10. The number of rotatable bonds is 8. The normalized spacial score (nSPS) is 10.3. The zero-order chi connectivity index (χ0) is 15.8. The third-order valence-corrected chi connectivity index (χ3v) is 3.18. The number of hydrogen-bond acceptors (Lipinski definition) is 3. The lowest BCUT2D eigenvalue weighted by Crippen LogP contribution is -2.14. The predicted octanol–water partition coefficient (Wildman–Crippen LogP) is 3.69. The van der Waals surface area contributed by atoms with E-state index in [1.807, 2.05) is 18.2 Å². The highest BCUT2D eigenvalue weighted by Crippen LogP contribution is 2.31. The van der Waals surface area contributed by atoms with Crippen molar-refractivity contribution in [3.63, 3.8) is 0 Å². The third-order valence-electron chi connectivity index (χ3n) is 3.18. The number of hydrogen-bond donors (Lipinski definition) is 1. The van der Waals surface area contributed by atoms with Crippen molar-refractivity contribution in [2.75, 3.05) is 13.7 Å². The first kappa shape index (κ1) is 16.0. The Kier molecular flexibility index (Phi) is 5.98. The molecule has 22 heavy (non-hydrogen) atoms. The van der Waals surface area contributed by atoms with E-state index in [0.29, 0.717) is 31.2 Å². The van der Waals surface area contributed by atoms with Gasteiger partial charge < -0.3 is 14.8 Å². The number of methoxy groups -OCH3 is 1. The second-order valence-electron chi connectivity index (χ2n) is 4.78. The van der Waals surface area contributed by atoms with Crippen LogP contribution < -0.4 is 14.8 Å². The summed E-state index contributed by atoms with van der Waals surface area (Å²) in [5, 5.41) is 3.25. The molecule has 0 aliphatic heterocycles. The molecule has 0 spiro atoms. The van der Waals surface area contributed by atoms with Crippen LogP contribution in [0.5, 0.6) is 11.5 Å². The summed E-state index contributed by atoms with van der Waals surface area (Å²) in [4.78, 5) is 0. The van der Waals surface area contributed by atoms with Gasteiger partial charge in [-0.25, -0.2) is 4.39 Å². The van der Waals surface area contributed by atoms with Crippen molar-refractivity contribution in [1.82, 2.24) is 5.32 Å². The summed E-state index contributed by atoms with van der Waals surface area (Å²) in [5.41, 5.74) is 1.90. The number of nitrogens with one attached hydrogen (secondary N) is 1. The lowest BCUT2D eigenvalue weighted by atomic mass is 10.1. The molecule has 0 radical (unpaired) electrons. The monoisotopic (exact) mass is 301 g/mol. The van der Waals surface area contributed by atoms with Crippen LogP contribution in [0.1, 0.15) is 11.1 Å². The molecule has 2 aromatic carbocycles. The lowest BCUT2D eigenvalue weighted by molar-refractivity contribution is 0.280. The van der Waals surface area contributed by atoms with Crippen molar-refractivity contribution >= 4 is 0 Å². The second-order valence-corrected chi connectivity index (χ2v) is 4.78. The van der Waals surface area contributed by atoms with Crippen LogP contribution in [0.15, 0.2) is 55.1 Å². The van der Waals surface area contributed by atoms with Gasteiger partial charge in [0.05, 0.1) is 7.11 Å². The first-order valence-corrected chi connectivity index (χ1v) is 7.09. The molecule has 4 heteroatoms. The molecule has 0 saturated carbocycles. The lowest BCUT2D eigenvalue weighted by Gasteiger charge is -2.15. The first-order valence-electron chi connectivity index (χ1n) is 7.09. The molecule has 0 fully saturated rings. The summed E-state index contributed by atoms with van der Waals surface area (Å²) in [7, 11) is 1.61. The van der Waals surface area contributed by atoms with E-state index < -0.39 is 0 Å². The van der Waals surface area contributed by atoms with Gasteiger partial charge in [0.15, 0.2) is 11.5 Å². The van der Waals surface area contributed by atoms with Gasteiger partial charge in [-0.2, -0.15) is 0 Å². The van der Waals surface area contributed by atoms with E-state index in [1.165, 1.54) is 12.1 Å². The molecule has 0 aliphatic rings. The van der Waals surface area contributed by atoms with E-state index in [0.717, 1.165) is 11.1 Å². The van der Waals surface area contributed by atoms with Crippen LogP contribution in [0.3, 0.4) is 0 Å². The zero-order valence-electron chi connectivity index (χ0n) is 12.6. The topological polar surface area (TPSA) is 30.5 Å². The summed E-state index contributed by atoms with van der Waals surface area (Å²) >= 11 is 0. The molecule has 0 aliphatic carbocycles. The van der Waals surface area contributed by atoms with Gasteiger partial charge in [-0.3, -0.25) is 0 Å². The van der Waals surface area contributed by atoms with E-state index in [9.17, 15) is 4.39 Å². The quantitative estimate of drug-likeness (QED) is 0.596. The number of halogens is 1. The molecule has 2 rings (SSSR count). The SMILES string of the molecule is C=CCNCc1cccc(OC)c1OCc1ccc(F)cc1. The maximum Gasteiger partial charge on any atom is 0.166 e. The van der Waals surface area contributed by atoms with Gasteiger partial charge >= 0.3 is 0 Å². The summed E-state index contributed by atoms with van der Waals surface area (Å²) in [6, 6.07) is 12.0. The van der Waals surface area contributed by atoms with Crippen molar-refractivity contribution in [3.8, 4) is 11.5 Å². The van der Waals surface area contributed by atoms with Gasteiger partial charge in [-0.15, -0.1) is 6.58 Å². The largest absolute Gasteiger partial charge is 0.493 e. The van der Waals surface area contributed by atoms with Gasteiger partial charge in [-0.1, -0.05) is 30.3 Å². The Morgan fingerprint density at radius 1 is 1.18 bits per heavy atom. The minimum Gasteiger partial charge on any atom is -0.493 e. The van der Waals surface area contributed by atoms with E-state index in [1.54, 1.807) is 25.3 Å². The van der Waals surface area contributed by atoms with Crippen LogP contribution in [0.4, 0.5) is 4.39 Å². The maximum absolute atomic E-state index is 12.9. The molecule has 0 heterocycles. The van der Waals surface area contributed by atoms with Crippen molar-refractivity contribution < 1.29 is 13.9 Å². The Bertz CT molecular complexity index is 611. The number of benzene rings is 2. The van der Waals surface area contributed by atoms with E-state index >= 15 is 0 Å². The van der Waals surface area contributed by atoms with E-state index in [4.69, 9.17) is 9.47 Å². The van der Waals surface area contributed by atoms with Gasteiger partial charge in [0.1, 0.15) is 12.4 Å². The molecule has 0 bridgehead atoms. The van der Waals surface area contributed by atoms with Crippen molar-refractivity contribution in [2.45, 2.75) is 13.2 Å². The molecule has 0 unspecified atom stereocenters. The molecule has 3 nitrogen and oxygen atoms in total. The van der Waals surface area contributed by atoms with Crippen molar-refractivity contribution in [2.24, 2.45) is 0 Å². The average Bonchev–Trinajstić information content (AvgIpc) is 2.55. The number of para-hydroxylation sites is 1. The van der Waals surface area contributed by atoms with E-state index in [2.05, 4.69) is 11.9 Å². The van der Waals surface area contributed by atoms with Crippen LogP contribution in [0.2, 0.25) is 0 Å². The van der Waals surface area contributed by atoms with Crippen LogP contribution in [-0.4, -0.2) is 13.7 Å². The molecule has 0 saturated heterocycles. The van der Waals surface area contributed by atoms with Crippen LogP contribution in [-0.2, 0) is 13.2 Å². The molecular weight excluding hydrogens is 281 g/mol. The molecule has 0 aromatic heterocycles. The van der Waals surface area contributed by atoms with Gasteiger partial charge in [0.2, 0.25) is 0 Å². The first-order chi connectivity index (χ1) is 10.7. The highest BCUT2D eigenvalue weighted by atomic mass is 19.1. The molecular formula is C18H20FNO2.